The van der Waals surface area contributed by atoms with Gasteiger partial charge in [-0.25, -0.2) is 0 Å². The van der Waals surface area contributed by atoms with Gasteiger partial charge in [0.25, 0.3) is 0 Å². The average Bonchev–Trinajstić information content (AvgIpc) is 2.53. The van der Waals surface area contributed by atoms with Gasteiger partial charge in [-0.2, -0.15) is 0 Å². The molecule has 0 amide bonds. The Balaban J connectivity index is 2.18. The van der Waals surface area contributed by atoms with Crippen molar-refractivity contribution < 1.29 is 4.74 Å². The van der Waals surface area contributed by atoms with Crippen LogP contribution in [0, 0.1) is 6.92 Å². The van der Waals surface area contributed by atoms with Crippen molar-refractivity contribution >= 4 is 0 Å². The van der Waals surface area contributed by atoms with Gasteiger partial charge in [-0.1, -0.05) is 25.1 Å². The van der Waals surface area contributed by atoms with Gasteiger partial charge in [-0.3, -0.25) is 4.98 Å². The molecule has 0 saturated heterocycles. The van der Waals surface area contributed by atoms with E-state index in [0.717, 1.165) is 30.8 Å². The van der Waals surface area contributed by atoms with Gasteiger partial charge >= 0.3 is 0 Å². The number of methoxy groups -OCH3 is 1. The number of pyridine rings is 1. The lowest BCUT2D eigenvalue weighted by Crippen LogP contribution is -2.24. The van der Waals surface area contributed by atoms with Crippen LogP contribution < -0.4 is 10.1 Å². The summed E-state index contributed by atoms with van der Waals surface area (Å²) in [4.78, 5) is 4.52. The number of hydrogen-bond donors (Lipinski definition) is 1. The predicted molar refractivity (Wildman–Crippen MR) is 86.7 cm³/mol. The van der Waals surface area contributed by atoms with Gasteiger partial charge in [-0.05, 0) is 49.2 Å². The van der Waals surface area contributed by atoms with E-state index in [-0.39, 0.29) is 6.04 Å². The third kappa shape index (κ3) is 4.57. The van der Waals surface area contributed by atoms with E-state index in [9.17, 15) is 0 Å². The lowest BCUT2D eigenvalue weighted by Gasteiger charge is -2.19. The summed E-state index contributed by atoms with van der Waals surface area (Å²) in [5.41, 5.74) is 3.54. The Morgan fingerprint density at radius 2 is 2.10 bits per heavy atom. The van der Waals surface area contributed by atoms with Gasteiger partial charge in [0.05, 0.1) is 7.11 Å². The molecule has 0 radical (unpaired) electrons. The van der Waals surface area contributed by atoms with Gasteiger partial charge in [0.2, 0.25) is 0 Å². The number of ether oxygens (including phenoxy) is 1. The Hall–Kier alpha value is -1.87. The Bertz CT molecular complexity index is 551. The van der Waals surface area contributed by atoms with Gasteiger partial charge in [0, 0.05) is 24.4 Å². The van der Waals surface area contributed by atoms with E-state index >= 15 is 0 Å². The highest BCUT2D eigenvalue weighted by Gasteiger charge is 2.13. The number of nitrogens with one attached hydrogen (secondary N) is 1. The molecule has 2 aromatic rings. The smallest absolute Gasteiger partial charge is 0.119 e. The van der Waals surface area contributed by atoms with Crippen molar-refractivity contribution in [2.45, 2.75) is 32.7 Å². The molecule has 0 aliphatic rings. The molecular weight excluding hydrogens is 260 g/mol. The molecule has 0 fully saturated rings. The number of aromatic nitrogens is 1. The molecule has 1 aromatic carbocycles. The van der Waals surface area contributed by atoms with Crippen molar-refractivity contribution in [1.82, 2.24) is 10.3 Å². The zero-order chi connectivity index (χ0) is 15.1. The van der Waals surface area contributed by atoms with Crippen LogP contribution in [0.25, 0.3) is 0 Å². The molecule has 112 valence electrons. The Kier molecular flexibility index (Phi) is 5.76. The van der Waals surface area contributed by atoms with E-state index in [2.05, 4.69) is 48.4 Å². The number of aryl methyl sites for hydroxylation is 1. The monoisotopic (exact) mass is 284 g/mol. The summed E-state index contributed by atoms with van der Waals surface area (Å²) >= 11 is 0. The second-order valence-electron chi connectivity index (χ2n) is 5.31. The van der Waals surface area contributed by atoms with Crippen LogP contribution in [0.1, 0.15) is 36.2 Å². The molecule has 3 nitrogen and oxygen atoms in total. The summed E-state index contributed by atoms with van der Waals surface area (Å²) in [5.74, 6) is 0.896. The fourth-order valence-electron chi connectivity index (χ4n) is 2.31. The highest BCUT2D eigenvalue weighted by Crippen LogP contribution is 2.22. The topological polar surface area (TPSA) is 34.2 Å². The molecule has 0 saturated carbocycles. The summed E-state index contributed by atoms with van der Waals surface area (Å²) in [5, 5.41) is 3.60. The van der Waals surface area contributed by atoms with Crippen molar-refractivity contribution in [2.24, 2.45) is 0 Å². The molecule has 0 bridgehead atoms. The molecule has 1 unspecified atom stereocenters. The minimum atomic E-state index is 0.259. The molecule has 1 aromatic heterocycles. The first-order valence-electron chi connectivity index (χ1n) is 7.51. The lowest BCUT2D eigenvalue weighted by atomic mass is 10.0. The normalized spacial score (nSPS) is 12.1. The van der Waals surface area contributed by atoms with Crippen molar-refractivity contribution in [3.8, 4) is 5.75 Å². The largest absolute Gasteiger partial charge is 0.497 e. The second kappa shape index (κ2) is 7.79. The van der Waals surface area contributed by atoms with Crippen LogP contribution in [-0.2, 0) is 6.42 Å². The molecule has 0 spiro atoms. The van der Waals surface area contributed by atoms with Crippen molar-refractivity contribution in [3.05, 3.63) is 59.4 Å². The Morgan fingerprint density at radius 1 is 1.24 bits per heavy atom. The number of benzene rings is 1. The number of hydrogen-bond acceptors (Lipinski definition) is 3. The van der Waals surface area contributed by atoms with Gasteiger partial charge < -0.3 is 10.1 Å². The molecule has 3 heteroatoms. The van der Waals surface area contributed by atoms with Crippen LogP contribution in [-0.4, -0.2) is 18.6 Å². The summed E-state index contributed by atoms with van der Waals surface area (Å²) in [6.45, 7) is 5.24. The maximum atomic E-state index is 5.33. The van der Waals surface area contributed by atoms with Crippen molar-refractivity contribution in [1.29, 1.82) is 0 Å². The Morgan fingerprint density at radius 3 is 2.76 bits per heavy atom. The van der Waals surface area contributed by atoms with Crippen LogP contribution in [0.2, 0.25) is 0 Å². The van der Waals surface area contributed by atoms with E-state index < -0.39 is 0 Å². The lowest BCUT2D eigenvalue weighted by molar-refractivity contribution is 0.412. The van der Waals surface area contributed by atoms with Gasteiger partial charge in [-0.15, -0.1) is 0 Å². The van der Waals surface area contributed by atoms with E-state index in [1.165, 1.54) is 11.1 Å². The first-order chi connectivity index (χ1) is 10.2. The fourth-order valence-corrected chi connectivity index (χ4v) is 2.31. The summed E-state index contributed by atoms with van der Waals surface area (Å²) in [7, 11) is 1.70. The van der Waals surface area contributed by atoms with Crippen LogP contribution in [0.4, 0.5) is 0 Å². The summed E-state index contributed by atoms with van der Waals surface area (Å²) < 4.78 is 5.33. The predicted octanol–water partition coefficient (Wildman–Crippen LogP) is 3.68. The SMILES string of the molecule is CCCNC(Cc1ccc(C)cn1)c1cccc(OC)c1. The van der Waals surface area contributed by atoms with Crippen molar-refractivity contribution in [3.63, 3.8) is 0 Å². The summed E-state index contributed by atoms with van der Waals surface area (Å²) in [6.07, 6.45) is 3.92. The minimum absolute atomic E-state index is 0.259. The molecule has 0 aliphatic carbocycles. The zero-order valence-electron chi connectivity index (χ0n) is 13.1. The maximum Gasteiger partial charge on any atom is 0.119 e. The van der Waals surface area contributed by atoms with Gasteiger partial charge in [0.1, 0.15) is 5.75 Å². The quantitative estimate of drug-likeness (QED) is 0.842. The molecule has 1 heterocycles. The molecule has 0 aliphatic heterocycles. The first-order valence-corrected chi connectivity index (χ1v) is 7.51. The maximum absolute atomic E-state index is 5.33. The van der Waals surface area contributed by atoms with E-state index in [0.29, 0.717) is 0 Å². The van der Waals surface area contributed by atoms with E-state index in [1.54, 1.807) is 7.11 Å². The first kappa shape index (κ1) is 15.5. The van der Waals surface area contributed by atoms with Crippen LogP contribution in [0.5, 0.6) is 5.75 Å². The molecule has 21 heavy (non-hydrogen) atoms. The van der Waals surface area contributed by atoms with E-state index in [1.807, 2.05) is 18.3 Å². The number of nitrogens with zero attached hydrogens (tertiary/aromatic N) is 1. The third-order valence-corrected chi connectivity index (χ3v) is 3.52. The fraction of sp³-hybridized carbons (Fsp3) is 0.389. The highest BCUT2D eigenvalue weighted by molar-refractivity contribution is 5.31. The van der Waals surface area contributed by atoms with Crippen LogP contribution in [0.3, 0.4) is 0 Å². The Labute approximate surface area is 127 Å². The average molecular weight is 284 g/mol. The highest BCUT2D eigenvalue weighted by atomic mass is 16.5. The molecular formula is C18H24N2O. The van der Waals surface area contributed by atoms with Crippen LogP contribution in [0.15, 0.2) is 42.6 Å². The molecule has 1 atom stereocenters. The summed E-state index contributed by atoms with van der Waals surface area (Å²) in [6, 6.07) is 12.7. The third-order valence-electron chi connectivity index (χ3n) is 3.52. The minimum Gasteiger partial charge on any atom is -0.497 e. The molecule has 1 N–H and O–H groups in total. The zero-order valence-corrected chi connectivity index (χ0v) is 13.1. The van der Waals surface area contributed by atoms with Gasteiger partial charge in [0.15, 0.2) is 0 Å². The second-order valence-corrected chi connectivity index (χ2v) is 5.31. The molecule has 2 rings (SSSR count). The standard InChI is InChI=1S/C18H24N2O/c1-4-10-19-18(12-16-9-8-14(2)13-20-16)15-6-5-7-17(11-15)21-3/h5-9,11,13,18-19H,4,10,12H2,1-3H3. The van der Waals surface area contributed by atoms with E-state index in [4.69, 9.17) is 4.74 Å². The van der Waals surface area contributed by atoms with Crippen molar-refractivity contribution in [2.75, 3.05) is 13.7 Å². The van der Waals surface area contributed by atoms with Crippen LogP contribution >= 0.6 is 0 Å². The number of rotatable bonds is 7.